The van der Waals surface area contributed by atoms with E-state index in [-0.39, 0.29) is 18.9 Å². The maximum atomic E-state index is 12.3. The predicted molar refractivity (Wildman–Crippen MR) is 91.3 cm³/mol. The lowest BCUT2D eigenvalue weighted by molar-refractivity contribution is 0.0617. The van der Waals surface area contributed by atoms with Crippen LogP contribution in [-0.4, -0.2) is 22.8 Å². The van der Waals surface area contributed by atoms with E-state index in [4.69, 9.17) is 4.74 Å². The lowest BCUT2D eigenvalue weighted by Gasteiger charge is -2.16. The molecule has 24 heavy (non-hydrogen) atoms. The fourth-order valence-electron chi connectivity index (χ4n) is 2.93. The lowest BCUT2D eigenvalue weighted by Crippen LogP contribution is -2.36. The number of ether oxygens (including phenoxy) is 1. The van der Waals surface area contributed by atoms with Crippen molar-refractivity contribution in [2.75, 3.05) is 13.3 Å². The second-order valence-corrected chi connectivity index (χ2v) is 5.87. The first-order valence-corrected chi connectivity index (χ1v) is 8.02. The van der Waals surface area contributed by atoms with Gasteiger partial charge in [0.1, 0.15) is 13.4 Å². The average molecular weight is 334 g/mol. The highest BCUT2D eigenvalue weighted by atomic mass is 19.1. The zero-order valence-electron chi connectivity index (χ0n) is 14.3. The molecule has 0 amide bonds. The molecule has 0 saturated carbocycles. The van der Waals surface area contributed by atoms with E-state index < -0.39 is 12.4 Å². The minimum Gasteiger partial charge on any atom is -0.358 e. The molecule has 0 atom stereocenters. The number of H-pyrrole nitrogens is 1. The number of nitrogens with zero attached hydrogens (tertiary/aromatic N) is 1. The average Bonchev–Trinajstić information content (AvgIpc) is 2.49. The topological polar surface area (TPSA) is 64.1 Å². The molecular weight excluding hydrogens is 311 g/mol. The van der Waals surface area contributed by atoms with Gasteiger partial charge in [-0.05, 0) is 25.8 Å². The normalized spacial score (nSPS) is 11.0. The minimum absolute atomic E-state index is 0.0767. The van der Waals surface area contributed by atoms with Crippen LogP contribution in [0, 0.1) is 13.8 Å². The van der Waals surface area contributed by atoms with Gasteiger partial charge in [0.2, 0.25) is 0 Å². The molecule has 2 aromatic rings. The van der Waals surface area contributed by atoms with Crippen molar-refractivity contribution < 1.29 is 9.13 Å². The van der Waals surface area contributed by atoms with Crippen molar-refractivity contribution in [3.63, 3.8) is 0 Å². The summed E-state index contributed by atoms with van der Waals surface area (Å²) in [5, 5.41) is 0. The van der Waals surface area contributed by atoms with Gasteiger partial charge in [-0.3, -0.25) is 14.3 Å². The Labute approximate surface area is 140 Å². The predicted octanol–water partition coefficient (Wildman–Crippen LogP) is 2.25. The van der Waals surface area contributed by atoms with Gasteiger partial charge in [-0.2, -0.15) is 0 Å². The number of hydrogen-bond donors (Lipinski definition) is 1. The van der Waals surface area contributed by atoms with E-state index in [1.165, 1.54) is 4.57 Å². The zero-order chi connectivity index (χ0) is 17.7. The molecule has 0 aliphatic rings. The Balaban J connectivity index is 2.51. The Morgan fingerprint density at radius 3 is 2.42 bits per heavy atom. The summed E-state index contributed by atoms with van der Waals surface area (Å²) in [5.74, 6) is 0. The second-order valence-electron chi connectivity index (χ2n) is 5.87. The number of aromatic amines is 1. The second kappa shape index (κ2) is 8.06. The number of alkyl halides is 1. The molecule has 1 aromatic heterocycles. The van der Waals surface area contributed by atoms with Gasteiger partial charge in [0.05, 0.1) is 6.61 Å². The van der Waals surface area contributed by atoms with Gasteiger partial charge < -0.3 is 4.74 Å². The maximum absolute atomic E-state index is 12.3. The van der Waals surface area contributed by atoms with Crippen LogP contribution in [0.1, 0.15) is 34.9 Å². The van der Waals surface area contributed by atoms with Crippen molar-refractivity contribution in [3.05, 3.63) is 67.0 Å². The largest absolute Gasteiger partial charge is 0.358 e. The van der Waals surface area contributed by atoms with Gasteiger partial charge >= 0.3 is 5.69 Å². The number of nitrogens with one attached hydrogen (secondary N) is 1. The summed E-state index contributed by atoms with van der Waals surface area (Å²) in [7, 11) is 0. The van der Waals surface area contributed by atoms with Crippen LogP contribution in [0.4, 0.5) is 4.39 Å². The Hall–Kier alpha value is -2.21. The van der Waals surface area contributed by atoms with E-state index in [1.54, 1.807) is 0 Å². The molecule has 0 aliphatic carbocycles. The standard InChI is InChI=1S/C18H23FN2O3/c1-4-15-16(10-14-8-12(2)7-13(3)9-14)21(11-24-6-5-19)18(23)20-17(15)22/h7-9H,4-6,10-11H2,1-3H3,(H,20,22,23). The van der Waals surface area contributed by atoms with E-state index in [1.807, 2.05) is 32.9 Å². The fraction of sp³-hybridized carbons (Fsp3) is 0.444. The number of aryl methyl sites for hydroxylation is 2. The first-order valence-electron chi connectivity index (χ1n) is 8.02. The van der Waals surface area contributed by atoms with Crippen LogP contribution in [0.25, 0.3) is 0 Å². The number of rotatable bonds is 7. The van der Waals surface area contributed by atoms with Gasteiger partial charge in [-0.1, -0.05) is 36.2 Å². The van der Waals surface area contributed by atoms with Crippen LogP contribution in [0.15, 0.2) is 27.8 Å². The summed E-state index contributed by atoms with van der Waals surface area (Å²) in [5.41, 5.74) is 3.53. The summed E-state index contributed by atoms with van der Waals surface area (Å²) < 4.78 is 18.8. The molecule has 0 radical (unpaired) electrons. The molecule has 2 rings (SSSR count). The number of aromatic nitrogens is 2. The van der Waals surface area contributed by atoms with Crippen molar-refractivity contribution in [2.45, 2.75) is 40.3 Å². The summed E-state index contributed by atoms with van der Waals surface area (Å²) in [6.07, 6.45) is 0.947. The first-order chi connectivity index (χ1) is 11.5. The molecule has 0 bridgehead atoms. The highest BCUT2D eigenvalue weighted by molar-refractivity contribution is 5.33. The maximum Gasteiger partial charge on any atom is 0.330 e. The molecule has 5 nitrogen and oxygen atoms in total. The van der Waals surface area contributed by atoms with Crippen LogP contribution in [0.2, 0.25) is 0 Å². The van der Waals surface area contributed by atoms with Crippen molar-refractivity contribution in [2.24, 2.45) is 0 Å². The molecule has 0 spiro atoms. The molecule has 1 aromatic carbocycles. The van der Waals surface area contributed by atoms with Gasteiger partial charge in [-0.25, -0.2) is 9.18 Å². The highest BCUT2D eigenvalue weighted by Gasteiger charge is 2.14. The van der Waals surface area contributed by atoms with Crippen LogP contribution in [-0.2, 0) is 24.3 Å². The van der Waals surface area contributed by atoms with E-state index in [2.05, 4.69) is 11.1 Å². The number of hydrogen-bond acceptors (Lipinski definition) is 3. The van der Waals surface area contributed by atoms with Crippen molar-refractivity contribution >= 4 is 0 Å². The third kappa shape index (κ3) is 4.20. The lowest BCUT2D eigenvalue weighted by atomic mass is 10.0. The molecule has 1 heterocycles. The van der Waals surface area contributed by atoms with Crippen LogP contribution in [0.5, 0.6) is 0 Å². The molecule has 0 saturated heterocycles. The summed E-state index contributed by atoms with van der Waals surface area (Å²) in [6.45, 7) is 5.10. The summed E-state index contributed by atoms with van der Waals surface area (Å²) in [6, 6.07) is 6.13. The van der Waals surface area contributed by atoms with Crippen molar-refractivity contribution in [1.29, 1.82) is 0 Å². The van der Waals surface area contributed by atoms with E-state index in [9.17, 15) is 14.0 Å². The van der Waals surface area contributed by atoms with Crippen molar-refractivity contribution in [3.8, 4) is 0 Å². The number of benzene rings is 1. The van der Waals surface area contributed by atoms with Gasteiger partial charge in [0.15, 0.2) is 0 Å². The molecule has 130 valence electrons. The first kappa shape index (κ1) is 18.1. The Morgan fingerprint density at radius 2 is 1.83 bits per heavy atom. The smallest absolute Gasteiger partial charge is 0.330 e. The monoisotopic (exact) mass is 334 g/mol. The highest BCUT2D eigenvalue weighted by Crippen LogP contribution is 2.15. The van der Waals surface area contributed by atoms with Gasteiger partial charge in [0, 0.05) is 17.7 Å². The summed E-state index contributed by atoms with van der Waals surface area (Å²) >= 11 is 0. The van der Waals surface area contributed by atoms with E-state index in [0.717, 1.165) is 16.7 Å². The van der Waals surface area contributed by atoms with Crippen LogP contribution < -0.4 is 11.2 Å². The van der Waals surface area contributed by atoms with Crippen molar-refractivity contribution in [1.82, 2.24) is 9.55 Å². The Morgan fingerprint density at radius 1 is 1.17 bits per heavy atom. The summed E-state index contributed by atoms with van der Waals surface area (Å²) in [4.78, 5) is 26.6. The molecule has 0 unspecified atom stereocenters. The van der Waals surface area contributed by atoms with Gasteiger partial charge in [-0.15, -0.1) is 0 Å². The molecule has 0 fully saturated rings. The molecule has 0 aliphatic heterocycles. The SMILES string of the molecule is CCc1c(Cc2cc(C)cc(C)c2)n(COCCF)c(=O)[nH]c1=O. The van der Waals surface area contributed by atoms with E-state index in [0.29, 0.717) is 24.1 Å². The zero-order valence-corrected chi connectivity index (χ0v) is 14.3. The fourth-order valence-corrected chi connectivity index (χ4v) is 2.93. The number of halogens is 1. The third-order valence-electron chi connectivity index (χ3n) is 3.86. The van der Waals surface area contributed by atoms with Crippen LogP contribution in [0.3, 0.4) is 0 Å². The Bertz CT molecular complexity index is 804. The molecular formula is C18H23FN2O3. The quantitative estimate of drug-likeness (QED) is 0.790. The minimum atomic E-state index is -0.620. The molecule has 6 heteroatoms. The van der Waals surface area contributed by atoms with E-state index >= 15 is 0 Å². The van der Waals surface area contributed by atoms with Crippen LogP contribution >= 0.6 is 0 Å². The molecule has 1 N–H and O–H groups in total. The third-order valence-corrected chi connectivity index (χ3v) is 3.86. The van der Waals surface area contributed by atoms with Gasteiger partial charge in [0.25, 0.3) is 5.56 Å². The Kier molecular flexibility index (Phi) is 6.09.